The maximum atomic E-state index is 12.6. The Kier molecular flexibility index (Phi) is 5.03. The van der Waals surface area contributed by atoms with E-state index in [0.29, 0.717) is 9.26 Å². The molecule has 0 spiro atoms. The molecule has 1 aromatic rings. The highest BCUT2D eigenvalue weighted by molar-refractivity contribution is 14.1. The molecular formula is C9H7BrF2INO2. The van der Waals surface area contributed by atoms with Crippen molar-refractivity contribution in [2.75, 3.05) is 0 Å². The van der Waals surface area contributed by atoms with Gasteiger partial charge in [0.25, 0.3) is 6.43 Å². The minimum atomic E-state index is -2.60. The minimum Gasteiger partial charge on any atom is -0.481 e. The molecule has 1 N–H and O–H groups in total. The lowest BCUT2D eigenvalue weighted by Crippen LogP contribution is -2.08. The van der Waals surface area contributed by atoms with Gasteiger partial charge in [-0.2, -0.15) is 0 Å². The van der Waals surface area contributed by atoms with Crippen LogP contribution in [0.3, 0.4) is 0 Å². The molecule has 1 rings (SSSR count). The van der Waals surface area contributed by atoms with Crippen molar-refractivity contribution >= 4 is 44.5 Å². The van der Waals surface area contributed by atoms with E-state index in [1.165, 1.54) is 6.07 Å². The number of nitrogens with zero attached hydrogens (tertiary/aromatic N) is 1. The second kappa shape index (κ2) is 5.85. The van der Waals surface area contributed by atoms with Crippen LogP contribution >= 0.6 is 38.5 Å². The zero-order chi connectivity index (χ0) is 12.3. The highest BCUT2D eigenvalue weighted by Crippen LogP contribution is 2.26. The van der Waals surface area contributed by atoms with E-state index in [0.717, 1.165) is 0 Å². The summed E-state index contributed by atoms with van der Waals surface area (Å²) in [5, 5.41) is 8.81. The molecule has 0 aliphatic rings. The first-order valence-corrected chi connectivity index (χ1v) is 6.39. The number of carbonyl (C=O) groups is 1. The second-order valence-electron chi connectivity index (χ2n) is 2.96. The Morgan fingerprint density at radius 2 is 2.19 bits per heavy atom. The van der Waals surface area contributed by atoms with Crippen molar-refractivity contribution in [1.82, 2.24) is 4.98 Å². The van der Waals surface area contributed by atoms with Gasteiger partial charge in [0, 0.05) is 14.5 Å². The van der Waals surface area contributed by atoms with E-state index < -0.39 is 12.4 Å². The number of halogens is 4. The van der Waals surface area contributed by atoms with Crippen molar-refractivity contribution in [3.8, 4) is 0 Å². The molecule has 3 nitrogen and oxygen atoms in total. The van der Waals surface area contributed by atoms with Crippen LogP contribution in [0.25, 0.3) is 0 Å². The highest BCUT2D eigenvalue weighted by Gasteiger charge is 2.17. The summed E-state index contributed by atoms with van der Waals surface area (Å²) in [6.07, 6.45) is -2.87. The summed E-state index contributed by atoms with van der Waals surface area (Å²) in [5.74, 6) is -1.03. The Morgan fingerprint density at radius 3 is 2.62 bits per heavy atom. The summed E-state index contributed by atoms with van der Waals surface area (Å²) in [4.78, 5) is 14.5. The third-order valence-corrected chi connectivity index (χ3v) is 3.31. The lowest BCUT2D eigenvalue weighted by Gasteiger charge is -2.09. The smallest absolute Gasteiger partial charge is 0.309 e. The summed E-state index contributed by atoms with van der Waals surface area (Å²) < 4.78 is 25.7. The molecule has 0 unspecified atom stereocenters. The van der Waals surface area contributed by atoms with E-state index in [-0.39, 0.29) is 23.0 Å². The second-order valence-corrected chi connectivity index (χ2v) is 4.68. The number of rotatable bonds is 4. The van der Waals surface area contributed by atoms with Gasteiger partial charge in [0.2, 0.25) is 0 Å². The zero-order valence-corrected chi connectivity index (χ0v) is 11.6. The van der Waals surface area contributed by atoms with Gasteiger partial charge in [0.1, 0.15) is 0 Å². The van der Waals surface area contributed by atoms with Gasteiger partial charge in [-0.25, -0.2) is 8.78 Å². The standard InChI is InChI=1S/C9H7BrF2INO2/c10-3-7-4(9(11)12)1-5(13)6(14-7)2-8(15)16/h1,9H,2-3H2,(H,15,16). The van der Waals surface area contributed by atoms with Crippen molar-refractivity contribution in [3.05, 3.63) is 26.6 Å². The van der Waals surface area contributed by atoms with Gasteiger partial charge in [0.05, 0.1) is 17.8 Å². The average Bonchev–Trinajstić information content (AvgIpc) is 2.19. The normalized spacial score (nSPS) is 10.8. The summed E-state index contributed by atoms with van der Waals surface area (Å²) in [7, 11) is 0. The van der Waals surface area contributed by atoms with Crippen LogP contribution in [0.1, 0.15) is 23.4 Å². The number of aromatic nitrogens is 1. The van der Waals surface area contributed by atoms with Crippen LogP contribution in [0.5, 0.6) is 0 Å². The number of carboxylic acids is 1. The summed E-state index contributed by atoms with van der Waals surface area (Å²) >= 11 is 4.87. The molecule has 0 bridgehead atoms. The van der Waals surface area contributed by atoms with Crippen LogP contribution in [0, 0.1) is 3.57 Å². The summed E-state index contributed by atoms with van der Waals surface area (Å²) in [6, 6.07) is 1.28. The van der Waals surface area contributed by atoms with Crippen LogP contribution in [0.15, 0.2) is 6.07 Å². The topological polar surface area (TPSA) is 50.2 Å². The number of hydrogen-bond donors (Lipinski definition) is 1. The van der Waals surface area contributed by atoms with Crippen LogP contribution in [0.2, 0.25) is 0 Å². The Bertz CT molecular complexity index is 415. The molecular weight excluding hydrogens is 399 g/mol. The van der Waals surface area contributed by atoms with E-state index >= 15 is 0 Å². The van der Waals surface area contributed by atoms with Crippen molar-refractivity contribution in [1.29, 1.82) is 0 Å². The van der Waals surface area contributed by atoms with Crippen LogP contribution in [0.4, 0.5) is 8.78 Å². The lowest BCUT2D eigenvalue weighted by molar-refractivity contribution is -0.136. The molecule has 1 heterocycles. The molecule has 7 heteroatoms. The van der Waals surface area contributed by atoms with Gasteiger partial charge >= 0.3 is 5.97 Å². The molecule has 0 aliphatic carbocycles. The van der Waals surface area contributed by atoms with Gasteiger partial charge in [-0.3, -0.25) is 9.78 Å². The summed E-state index contributed by atoms with van der Waals surface area (Å²) in [6.45, 7) is 0. The maximum Gasteiger partial charge on any atom is 0.309 e. The predicted molar refractivity (Wildman–Crippen MR) is 65.9 cm³/mol. The van der Waals surface area contributed by atoms with E-state index in [1.54, 1.807) is 0 Å². The Hall–Kier alpha value is -0.310. The molecule has 0 atom stereocenters. The van der Waals surface area contributed by atoms with E-state index in [4.69, 9.17) is 5.11 Å². The fraction of sp³-hybridized carbons (Fsp3) is 0.333. The van der Waals surface area contributed by atoms with Gasteiger partial charge in [-0.15, -0.1) is 0 Å². The van der Waals surface area contributed by atoms with Crippen molar-refractivity contribution in [3.63, 3.8) is 0 Å². The van der Waals surface area contributed by atoms with Crippen LogP contribution in [-0.2, 0) is 16.5 Å². The average molecular weight is 406 g/mol. The van der Waals surface area contributed by atoms with Crippen LogP contribution in [-0.4, -0.2) is 16.1 Å². The molecule has 0 aliphatic heterocycles. The van der Waals surface area contributed by atoms with E-state index in [2.05, 4.69) is 20.9 Å². The highest BCUT2D eigenvalue weighted by atomic mass is 127. The Labute approximate surface area is 113 Å². The number of pyridine rings is 1. The molecule has 0 saturated carbocycles. The Balaban J connectivity index is 3.20. The molecule has 0 saturated heterocycles. The first kappa shape index (κ1) is 13.8. The first-order chi connectivity index (χ1) is 7.45. The number of hydrogen-bond acceptors (Lipinski definition) is 2. The third-order valence-electron chi connectivity index (χ3n) is 1.84. The van der Waals surface area contributed by atoms with Crippen molar-refractivity contribution in [2.45, 2.75) is 18.2 Å². The van der Waals surface area contributed by atoms with Gasteiger partial charge < -0.3 is 5.11 Å². The summed E-state index contributed by atoms with van der Waals surface area (Å²) in [5.41, 5.74) is 0.342. The monoisotopic (exact) mass is 405 g/mol. The van der Waals surface area contributed by atoms with Crippen LogP contribution < -0.4 is 0 Å². The predicted octanol–water partition coefficient (Wildman–Crippen LogP) is 3.15. The number of alkyl halides is 3. The van der Waals surface area contributed by atoms with Gasteiger partial charge in [-0.05, 0) is 28.7 Å². The fourth-order valence-electron chi connectivity index (χ4n) is 1.15. The quantitative estimate of drug-likeness (QED) is 0.618. The Morgan fingerprint density at radius 1 is 1.56 bits per heavy atom. The third kappa shape index (κ3) is 3.34. The molecule has 0 fully saturated rings. The zero-order valence-electron chi connectivity index (χ0n) is 7.88. The van der Waals surface area contributed by atoms with Gasteiger partial charge in [0.15, 0.2) is 0 Å². The van der Waals surface area contributed by atoms with E-state index in [9.17, 15) is 13.6 Å². The molecule has 0 amide bonds. The van der Waals surface area contributed by atoms with E-state index in [1.807, 2.05) is 22.6 Å². The number of aliphatic carboxylic acids is 1. The SMILES string of the molecule is O=C(O)Cc1nc(CBr)c(C(F)F)cc1I. The molecule has 0 radical (unpaired) electrons. The molecule has 1 aromatic heterocycles. The maximum absolute atomic E-state index is 12.6. The van der Waals surface area contributed by atoms with Gasteiger partial charge in [-0.1, -0.05) is 15.9 Å². The number of carboxylic acid groups (broad SMARTS) is 1. The molecule has 16 heavy (non-hydrogen) atoms. The lowest BCUT2D eigenvalue weighted by atomic mass is 10.1. The first-order valence-electron chi connectivity index (χ1n) is 4.19. The largest absolute Gasteiger partial charge is 0.481 e. The minimum absolute atomic E-state index is 0.157. The molecule has 0 aromatic carbocycles. The fourth-order valence-corrected chi connectivity index (χ4v) is 2.24. The van der Waals surface area contributed by atoms with Crippen molar-refractivity contribution in [2.24, 2.45) is 0 Å². The van der Waals surface area contributed by atoms with Crippen molar-refractivity contribution < 1.29 is 18.7 Å². The molecule has 88 valence electrons.